The van der Waals surface area contributed by atoms with Crippen LogP contribution in [-0.2, 0) is 23.9 Å². The second-order valence-corrected chi connectivity index (χ2v) is 16.6. The van der Waals surface area contributed by atoms with Gasteiger partial charge in [0.25, 0.3) is 11.8 Å². The molecule has 0 bridgehead atoms. The molecule has 0 fully saturated rings. The number of halogens is 3. The summed E-state index contributed by atoms with van der Waals surface area (Å²) in [5.74, 6) is 0.200. The Morgan fingerprint density at radius 1 is 0.706 bits per heavy atom. The van der Waals surface area contributed by atoms with Gasteiger partial charge in [0, 0.05) is 26.6 Å². The zero-order chi connectivity index (χ0) is 39.6. The van der Waals surface area contributed by atoms with Crippen molar-refractivity contribution in [2.75, 3.05) is 14.2 Å². The van der Waals surface area contributed by atoms with Crippen molar-refractivity contribution in [1.29, 1.82) is 0 Å². The average Bonchev–Trinajstić information content (AvgIpc) is 3.31. The molecule has 2 aromatic rings. The van der Waals surface area contributed by atoms with Crippen LogP contribution in [0.1, 0.15) is 91.5 Å². The summed E-state index contributed by atoms with van der Waals surface area (Å²) in [6, 6.07) is 6.74. The smallest absolute Gasteiger partial charge is 0.316 e. The van der Waals surface area contributed by atoms with E-state index < -0.39 is 22.5 Å². The van der Waals surface area contributed by atoms with E-state index in [4.69, 9.17) is 49.0 Å². The van der Waals surface area contributed by atoms with Crippen LogP contribution in [0.4, 0.5) is 0 Å². The number of carbonyl (C=O) groups is 4. The lowest BCUT2D eigenvalue weighted by Gasteiger charge is -2.25. The van der Waals surface area contributed by atoms with E-state index in [-0.39, 0.29) is 33.8 Å². The monoisotopic (exact) mass is 766 g/mol. The van der Waals surface area contributed by atoms with E-state index in [0.717, 1.165) is 11.1 Å². The lowest BCUT2D eigenvalue weighted by Crippen LogP contribution is -2.40. The van der Waals surface area contributed by atoms with Crippen LogP contribution in [0, 0.1) is 24.7 Å². The van der Waals surface area contributed by atoms with Gasteiger partial charge in [0.15, 0.2) is 0 Å². The molecule has 0 radical (unpaired) electrons. The van der Waals surface area contributed by atoms with Gasteiger partial charge in [0.05, 0.1) is 41.9 Å². The summed E-state index contributed by atoms with van der Waals surface area (Å²) in [7, 11) is 3.01. The molecule has 0 unspecified atom stereocenters. The maximum atomic E-state index is 12.7. The number of carbonyl (C=O) groups excluding carboxylic acids is 4. The molecule has 0 saturated heterocycles. The molecule has 2 heterocycles. The summed E-state index contributed by atoms with van der Waals surface area (Å²) in [5, 5.41) is 16.6. The average molecular weight is 768 g/mol. The van der Waals surface area contributed by atoms with Crippen LogP contribution < -0.4 is 20.1 Å². The van der Waals surface area contributed by atoms with Gasteiger partial charge < -0.3 is 30.0 Å². The first-order valence-electron chi connectivity index (χ1n) is 16.0. The molecule has 3 N–H and O–H groups in total. The van der Waals surface area contributed by atoms with Gasteiger partial charge in [-0.3, -0.25) is 19.2 Å². The highest BCUT2D eigenvalue weighted by molar-refractivity contribution is 6.64. The van der Waals surface area contributed by atoms with Gasteiger partial charge in [-0.25, -0.2) is 0 Å². The predicted molar refractivity (Wildman–Crippen MR) is 202 cm³/mol. The van der Waals surface area contributed by atoms with E-state index in [1.165, 1.54) is 14.2 Å². The number of amides is 2. The molecule has 0 spiro atoms. The maximum absolute atomic E-state index is 12.7. The summed E-state index contributed by atoms with van der Waals surface area (Å²) in [6.07, 6.45) is 0. The SMILES string of the molecule is CC(C)(C)C(=O)Cl.COc1cc(Cl)cc(C)c1C1=C(O)C(C)(C)NC1=O.COc1cc(Cl)cc(C)c1C1=C(OC(=O)C(C)(C)C)C(C)(C)NC1=O. The Morgan fingerprint density at radius 3 is 1.41 bits per heavy atom. The van der Waals surface area contributed by atoms with Crippen molar-refractivity contribution in [3.63, 3.8) is 0 Å². The van der Waals surface area contributed by atoms with E-state index in [2.05, 4.69) is 10.6 Å². The van der Waals surface area contributed by atoms with Gasteiger partial charge in [-0.2, -0.15) is 0 Å². The molecule has 0 aromatic heterocycles. The minimum absolute atomic E-state index is 0.0150. The normalized spacial score (nSPS) is 16.3. The van der Waals surface area contributed by atoms with Crippen molar-refractivity contribution in [2.45, 2.75) is 94.2 Å². The Balaban J connectivity index is 0.000000305. The van der Waals surface area contributed by atoms with Crippen LogP contribution in [0.15, 0.2) is 35.8 Å². The number of methoxy groups -OCH3 is 2. The molecule has 0 atom stereocenters. The first kappa shape index (κ1) is 43.4. The Kier molecular flexibility index (Phi) is 13.5. The minimum atomic E-state index is -0.815. The molecule has 2 aliphatic heterocycles. The zero-order valence-electron chi connectivity index (χ0n) is 31.7. The van der Waals surface area contributed by atoms with Crippen LogP contribution in [-0.4, -0.2) is 53.4 Å². The van der Waals surface area contributed by atoms with Gasteiger partial charge in [0.1, 0.15) is 23.0 Å². The number of benzene rings is 2. The molecule has 0 saturated carbocycles. The van der Waals surface area contributed by atoms with Crippen LogP contribution in [0.2, 0.25) is 10.0 Å². The second-order valence-electron chi connectivity index (χ2n) is 15.3. The number of hydrogen-bond donors (Lipinski definition) is 3. The molecule has 2 aliphatic rings. The highest BCUT2D eigenvalue weighted by Crippen LogP contribution is 2.42. The van der Waals surface area contributed by atoms with Crippen LogP contribution >= 0.6 is 34.8 Å². The Labute approximate surface area is 315 Å². The number of aliphatic hydroxyl groups is 1. The number of aliphatic hydroxyl groups excluding tert-OH is 1. The zero-order valence-corrected chi connectivity index (χ0v) is 34.0. The van der Waals surface area contributed by atoms with E-state index >= 15 is 0 Å². The topological polar surface area (TPSA) is 140 Å². The van der Waals surface area contributed by atoms with Gasteiger partial charge >= 0.3 is 5.97 Å². The lowest BCUT2D eigenvalue weighted by atomic mass is 9.94. The van der Waals surface area contributed by atoms with Crippen molar-refractivity contribution in [3.8, 4) is 11.5 Å². The van der Waals surface area contributed by atoms with Crippen LogP contribution in [0.5, 0.6) is 11.5 Å². The van der Waals surface area contributed by atoms with Gasteiger partial charge in [-0.1, -0.05) is 44.0 Å². The molecule has 13 heteroatoms. The third-order valence-electron chi connectivity index (χ3n) is 7.79. The third kappa shape index (κ3) is 10.2. The molecule has 2 amide bonds. The lowest BCUT2D eigenvalue weighted by molar-refractivity contribution is -0.149. The van der Waals surface area contributed by atoms with Crippen molar-refractivity contribution in [1.82, 2.24) is 10.6 Å². The fourth-order valence-corrected chi connectivity index (χ4v) is 5.44. The maximum Gasteiger partial charge on any atom is 0.316 e. The molecule has 280 valence electrons. The van der Waals surface area contributed by atoms with Gasteiger partial charge in [-0.15, -0.1) is 0 Å². The number of rotatable bonds is 5. The minimum Gasteiger partial charge on any atom is -0.509 e. The molecule has 4 rings (SSSR count). The van der Waals surface area contributed by atoms with Crippen molar-refractivity contribution >= 4 is 69.0 Å². The predicted octanol–water partition coefficient (Wildman–Crippen LogP) is 8.50. The summed E-state index contributed by atoms with van der Waals surface area (Å²) in [5.41, 5.74) is 0.577. The molecular weight excluding hydrogens is 719 g/mol. The quantitative estimate of drug-likeness (QED) is 0.203. The van der Waals surface area contributed by atoms with Crippen LogP contribution in [0.25, 0.3) is 11.1 Å². The number of esters is 1. The fraction of sp³-hybridized carbons (Fsp3) is 0.474. The summed E-state index contributed by atoms with van der Waals surface area (Å²) in [6.45, 7) is 21.4. The van der Waals surface area contributed by atoms with E-state index in [9.17, 15) is 24.3 Å². The second kappa shape index (κ2) is 15.9. The largest absolute Gasteiger partial charge is 0.509 e. The number of nitrogens with one attached hydrogen (secondary N) is 2. The molecule has 2 aromatic carbocycles. The van der Waals surface area contributed by atoms with Crippen molar-refractivity contribution in [3.05, 3.63) is 68.1 Å². The molecule has 0 aliphatic carbocycles. The van der Waals surface area contributed by atoms with E-state index in [0.29, 0.717) is 44.0 Å². The first-order valence-corrected chi connectivity index (χ1v) is 17.2. The third-order valence-corrected chi connectivity index (χ3v) is 8.80. The van der Waals surface area contributed by atoms with E-state index in [1.807, 2.05) is 13.8 Å². The highest BCUT2D eigenvalue weighted by Gasteiger charge is 2.44. The van der Waals surface area contributed by atoms with Crippen LogP contribution in [0.3, 0.4) is 0 Å². The standard InChI is InChI=1S/C19H24ClNO4.C14H16ClNO3.C5H9ClO/c1-10-8-11(20)9-12(24-7)13(10)14-15(19(5,6)21-16(14)22)25-17(23)18(2,3)4;1-7-5-8(15)6-9(19-4)10(7)11-12(17)14(2,3)16-13(11)18;1-5(2,3)4(6)7/h8-9H,1-7H3,(H,21,22);5-6,17H,1-4H3,(H,16,18);1-3H3. The number of hydrogen-bond acceptors (Lipinski definition) is 8. The molecular formula is C38H49Cl3N2O8. The number of aryl methyl sites for hydroxylation is 2. The van der Waals surface area contributed by atoms with Gasteiger partial charge in [-0.05, 0) is 109 Å². The molecule has 10 nitrogen and oxygen atoms in total. The van der Waals surface area contributed by atoms with Gasteiger partial charge in [0.2, 0.25) is 5.24 Å². The summed E-state index contributed by atoms with van der Waals surface area (Å²) >= 11 is 17.2. The van der Waals surface area contributed by atoms with Crippen molar-refractivity contribution in [2.24, 2.45) is 10.8 Å². The number of ether oxygens (including phenoxy) is 3. The molecule has 51 heavy (non-hydrogen) atoms. The highest BCUT2D eigenvalue weighted by atomic mass is 35.5. The van der Waals surface area contributed by atoms with E-state index in [1.54, 1.807) is 93.5 Å². The Bertz CT molecular complexity index is 1800. The summed E-state index contributed by atoms with van der Waals surface area (Å²) in [4.78, 5) is 47.4. The van der Waals surface area contributed by atoms with Crippen molar-refractivity contribution < 1.29 is 38.5 Å². The fourth-order valence-electron chi connectivity index (χ4n) is 4.92. The Hall–Kier alpha value is -3.73. The first-order chi connectivity index (χ1) is 23.1. The summed E-state index contributed by atoms with van der Waals surface area (Å²) < 4.78 is 16.4. The Morgan fingerprint density at radius 2 is 1.08 bits per heavy atom.